The van der Waals surface area contributed by atoms with Gasteiger partial charge in [0, 0.05) is 25.1 Å². The molecule has 0 saturated carbocycles. The molecule has 4 heteroatoms. The number of benzene rings is 1. The van der Waals surface area contributed by atoms with Crippen LogP contribution in [0, 0.1) is 0 Å². The number of rotatable bonds is 11. The summed E-state index contributed by atoms with van der Waals surface area (Å²) in [5.41, 5.74) is 2.52. The summed E-state index contributed by atoms with van der Waals surface area (Å²) < 4.78 is 4.93. The molecular weight excluding hydrogens is 300 g/mol. The molecule has 0 bridgehead atoms. The van der Waals surface area contributed by atoms with Crippen molar-refractivity contribution in [1.82, 2.24) is 0 Å². The minimum Gasteiger partial charge on any atom is -0.466 e. The van der Waals surface area contributed by atoms with E-state index in [1.54, 1.807) is 0 Å². The number of hydrogen-bond donors (Lipinski definition) is 0. The molecule has 132 valence electrons. The lowest BCUT2D eigenvalue weighted by Crippen LogP contribution is -2.11. The number of anilines is 1. The molecular formula is C20H30N2O2. The third kappa shape index (κ3) is 6.73. The van der Waals surface area contributed by atoms with Crippen LogP contribution in [-0.4, -0.2) is 24.8 Å². The summed E-state index contributed by atoms with van der Waals surface area (Å²) in [4.78, 5) is 11.2. The van der Waals surface area contributed by atoms with Gasteiger partial charge in [0.15, 0.2) is 0 Å². The van der Waals surface area contributed by atoms with Crippen LogP contribution in [-0.2, 0) is 9.53 Å². The number of hydrazone groups is 1. The van der Waals surface area contributed by atoms with E-state index in [0.29, 0.717) is 13.0 Å². The molecule has 0 fully saturated rings. The van der Waals surface area contributed by atoms with Crippen LogP contribution in [0.4, 0.5) is 5.69 Å². The monoisotopic (exact) mass is 330 g/mol. The van der Waals surface area contributed by atoms with E-state index in [4.69, 9.17) is 9.84 Å². The molecule has 1 aliphatic rings. The van der Waals surface area contributed by atoms with Crippen LogP contribution < -0.4 is 5.01 Å². The van der Waals surface area contributed by atoms with Crippen LogP contribution in [0.3, 0.4) is 0 Å². The van der Waals surface area contributed by atoms with E-state index in [1.165, 1.54) is 37.1 Å². The molecule has 0 radical (unpaired) electrons. The van der Waals surface area contributed by atoms with Crippen molar-refractivity contribution in [3.63, 3.8) is 0 Å². The first-order chi connectivity index (χ1) is 11.8. The second-order valence-electron chi connectivity index (χ2n) is 6.30. The first-order valence-electron chi connectivity index (χ1n) is 9.34. The number of carbonyl (C=O) groups is 1. The summed E-state index contributed by atoms with van der Waals surface area (Å²) in [5, 5.41) is 6.86. The molecule has 0 atom stereocenters. The Morgan fingerprint density at radius 1 is 1.08 bits per heavy atom. The SMILES string of the molecule is CCOC(=O)CCCCCCCCC1=NN(c2ccccc2)CC1. The Kier molecular flexibility index (Phi) is 8.36. The number of hydrogen-bond acceptors (Lipinski definition) is 4. The molecule has 0 amide bonds. The van der Waals surface area contributed by atoms with Crippen LogP contribution in [0.1, 0.15) is 64.7 Å². The van der Waals surface area contributed by atoms with Crippen LogP contribution in [0.15, 0.2) is 35.4 Å². The van der Waals surface area contributed by atoms with Gasteiger partial charge in [-0.2, -0.15) is 5.10 Å². The summed E-state index contributed by atoms with van der Waals surface area (Å²) in [5.74, 6) is -0.0558. The second kappa shape index (κ2) is 10.8. The number of nitrogens with zero attached hydrogens (tertiary/aromatic N) is 2. The molecule has 2 rings (SSSR count). The topological polar surface area (TPSA) is 41.9 Å². The maximum absolute atomic E-state index is 11.2. The minimum atomic E-state index is -0.0558. The molecule has 4 nitrogen and oxygen atoms in total. The zero-order chi connectivity index (χ0) is 17.0. The highest BCUT2D eigenvalue weighted by Gasteiger charge is 2.14. The number of carbonyl (C=O) groups excluding carboxylic acids is 1. The van der Waals surface area contributed by atoms with Gasteiger partial charge in [-0.25, -0.2) is 0 Å². The van der Waals surface area contributed by atoms with Crippen LogP contribution >= 0.6 is 0 Å². The van der Waals surface area contributed by atoms with Crippen molar-refractivity contribution in [2.75, 3.05) is 18.2 Å². The quantitative estimate of drug-likeness (QED) is 0.426. The maximum atomic E-state index is 11.2. The predicted octanol–water partition coefficient (Wildman–Crippen LogP) is 4.94. The van der Waals surface area contributed by atoms with Gasteiger partial charge in [-0.15, -0.1) is 0 Å². The average molecular weight is 330 g/mol. The fraction of sp³-hybridized carbons (Fsp3) is 0.600. The second-order valence-corrected chi connectivity index (χ2v) is 6.30. The van der Waals surface area contributed by atoms with Gasteiger partial charge < -0.3 is 4.74 Å². The van der Waals surface area contributed by atoms with Gasteiger partial charge >= 0.3 is 5.97 Å². The van der Waals surface area contributed by atoms with Crippen LogP contribution in [0.5, 0.6) is 0 Å². The van der Waals surface area contributed by atoms with Gasteiger partial charge in [0.05, 0.1) is 12.3 Å². The van der Waals surface area contributed by atoms with E-state index in [1.807, 2.05) is 13.0 Å². The molecule has 1 aromatic rings. The molecule has 1 aromatic carbocycles. The molecule has 0 aromatic heterocycles. The largest absolute Gasteiger partial charge is 0.466 e. The van der Waals surface area contributed by atoms with Gasteiger partial charge in [-0.05, 0) is 38.3 Å². The highest BCUT2D eigenvalue weighted by Crippen LogP contribution is 2.20. The smallest absolute Gasteiger partial charge is 0.305 e. The lowest BCUT2D eigenvalue weighted by atomic mass is 10.1. The van der Waals surface area contributed by atoms with Crippen molar-refractivity contribution in [3.05, 3.63) is 30.3 Å². The first kappa shape index (κ1) is 18.5. The molecule has 1 heterocycles. The van der Waals surface area contributed by atoms with Crippen molar-refractivity contribution in [3.8, 4) is 0 Å². The van der Waals surface area contributed by atoms with Gasteiger partial charge in [-0.3, -0.25) is 9.80 Å². The highest BCUT2D eigenvalue weighted by molar-refractivity contribution is 5.87. The molecule has 1 aliphatic heterocycles. The Balaban J connectivity index is 1.50. The standard InChI is InChI=1S/C20H30N2O2/c1-2-24-20(23)15-11-6-4-3-5-8-12-18-16-17-22(21-18)19-13-9-7-10-14-19/h7,9-10,13-14H,2-6,8,11-12,15-17H2,1H3. The Labute approximate surface area is 145 Å². The normalized spacial score (nSPS) is 13.9. The fourth-order valence-electron chi connectivity index (χ4n) is 3.01. The van der Waals surface area contributed by atoms with Crippen molar-refractivity contribution < 1.29 is 9.53 Å². The Hall–Kier alpha value is -1.84. The fourth-order valence-corrected chi connectivity index (χ4v) is 3.01. The van der Waals surface area contributed by atoms with Crippen LogP contribution in [0.2, 0.25) is 0 Å². The molecule has 0 N–H and O–H groups in total. The van der Waals surface area contributed by atoms with E-state index < -0.39 is 0 Å². The molecule has 24 heavy (non-hydrogen) atoms. The van der Waals surface area contributed by atoms with E-state index in [2.05, 4.69) is 29.3 Å². The van der Waals surface area contributed by atoms with Crippen molar-refractivity contribution in [2.24, 2.45) is 5.10 Å². The summed E-state index contributed by atoms with van der Waals surface area (Å²) in [6, 6.07) is 10.4. The Morgan fingerprint density at radius 2 is 1.79 bits per heavy atom. The Bertz CT molecular complexity index is 514. The number of esters is 1. The average Bonchev–Trinajstić information content (AvgIpc) is 3.07. The third-order valence-corrected chi connectivity index (χ3v) is 4.33. The van der Waals surface area contributed by atoms with E-state index in [9.17, 15) is 4.79 Å². The van der Waals surface area contributed by atoms with Crippen molar-refractivity contribution in [1.29, 1.82) is 0 Å². The molecule has 0 unspecified atom stereocenters. The summed E-state index contributed by atoms with van der Waals surface area (Å²) in [7, 11) is 0. The third-order valence-electron chi connectivity index (χ3n) is 4.33. The van der Waals surface area contributed by atoms with Gasteiger partial charge in [-0.1, -0.05) is 43.9 Å². The molecule has 0 aliphatic carbocycles. The molecule has 0 saturated heterocycles. The van der Waals surface area contributed by atoms with Gasteiger partial charge in [0.25, 0.3) is 0 Å². The Morgan fingerprint density at radius 3 is 2.54 bits per heavy atom. The summed E-state index contributed by atoms with van der Waals surface area (Å²) in [6.07, 6.45) is 9.79. The first-order valence-corrected chi connectivity index (χ1v) is 9.34. The van der Waals surface area contributed by atoms with E-state index >= 15 is 0 Å². The van der Waals surface area contributed by atoms with Crippen molar-refractivity contribution in [2.45, 2.75) is 64.7 Å². The van der Waals surface area contributed by atoms with Gasteiger partial charge in [0.1, 0.15) is 0 Å². The summed E-state index contributed by atoms with van der Waals surface area (Å²) in [6.45, 7) is 3.35. The predicted molar refractivity (Wildman–Crippen MR) is 99.4 cm³/mol. The number of ether oxygens (including phenoxy) is 1. The lowest BCUT2D eigenvalue weighted by Gasteiger charge is -2.12. The summed E-state index contributed by atoms with van der Waals surface area (Å²) >= 11 is 0. The number of para-hydroxylation sites is 1. The van der Waals surface area contributed by atoms with E-state index in [0.717, 1.165) is 32.2 Å². The minimum absolute atomic E-state index is 0.0558. The highest BCUT2D eigenvalue weighted by atomic mass is 16.5. The molecule has 0 spiro atoms. The number of unbranched alkanes of at least 4 members (excludes halogenated alkanes) is 5. The van der Waals surface area contributed by atoms with E-state index in [-0.39, 0.29) is 5.97 Å². The van der Waals surface area contributed by atoms with Gasteiger partial charge in [0.2, 0.25) is 0 Å². The zero-order valence-electron chi connectivity index (χ0n) is 14.9. The van der Waals surface area contributed by atoms with Crippen LogP contribution in [0.25, 0.3) is 0 Å². The maximum Gasteiger partial charge on any atom is 0.305 e. The zero-order valence-corrected chi connectivity index (χ0v) is 14.9. The van der Waals surface area contributed by atoms with Crippen molar-refractivity contribution >= 4 is 17.4 Å². The lowest BCUT2D eigenvalue weighted by molar-refractivity contribution is -0.143.